The van der Waals surface area contributed by atoms with Crippen LogP contribution in [-0.4, -0.2) is 56.2 Å². The van der Waals surface area contributed by atoms with Gasteiger partial charge in [-0.05, 0) is 35.8 Å². The molecule has 0 saturated carbocycles. The van der Waals surface area contributed by atoms with Crippen LogP contribution in [0.3, 0.4) is 0 Å². The molecular formula is C30H26FN7O3. The molecule has 3 aromatic heterocycles. The van der Waals surface area contributed by atoms with Crippen LogP contribution in [0.15, 0.2) is 84.0 Å². The fraction of sp³-hybridized carbons (Fsp3) is 0.167. The van der Waals surface area contributed by atoms with E-state index < -0.39 is 11.7 Å². The van der Waals surface area contributed by atoms with Gasteiger partial charge in [-0.1, -0.05) is 54.2 Å². The highest BCUT2D eigenvalue weighted by molar-refractivity contribution is 6.00. The van der Waals surface area contributed by atoms with Gasteiger partial charge in [0, 0.05) is 49.1 Å². The maximum atomic E-state index is 15.2. The summed E-state index contributed by atoms with van der Waals surface area (Å²) in [4.78, 5) is 30.7. The van der Waals surface area contributed by atoms with Crippen molar-refractivity contribution in [3.05, 3.63) is 96.6 Å². The number of carbonyl (C=O) groups is 2. The molecule has 5 aromatic rings. The lowest BCUT2D eigenvalue weighted by Crippen LogP contribution is -2.30. The molecule has 1 fully saturated rings. The van der Waals surface area contributed by atoms with E-state index in [9.17, 15) is 9.59 Å². The zero-order valence-corrected chi connectivity index (χ0v) is 21.9. The first kappa shape index (κ1) is 25.9. The van der Waals surface area contributed by atoms with Crippen LogP contribution < -0.4 is 10.6 Å². The summed E-state index contributed by atoms with van der Waals surface area (Å²) in [7, 11) is 0. The number of benzene rings is 2. The normalized spacial score (nSPS) is 14.8. The Labute approximate surface area is 234 Å². The Balaban J connectivity index is 1.17. The molecule has 41 heavy (non-hydrogen) atoms. The van der Waals surface area contributed by atoms with Crippen LogP contribution in [-0.2, 0) is 11.3 Å². The highest BCUT2D eigenvalue weighted by Gasteiger charge is 2.26. The molecule has 0 radical (unpaired) electrons. The van der Waals surface area contributed by atoms with Crippen LogP contribution in [0.2, 0.25) is 0 Å². The number of hydrogen-bond donors (Lipinski definition) is 3. The first-order valence-electron chi connectivity index (χ1n) is 13.1. The highest BCUT2D eigenvalue weighted by Crippen LogP contribution is 2.33. The number of rotatable bonds is 8. The number of aromatic amines is 1. The van der Waals surface area contributed by atoms with Crippen molar-refractivity contribution in [1.29, 1.82) is 0 Å². The van der Waals surface area contributed by atoms with Gasteiger partial charge in [0.15, 0.2) is 22.9 Å². The molecule has 1 saturated heterocycles. The predicted octanol–water partition coefficient (Wildman–Crippen LogP) is 4.55. The lowest BCUT2D eigenvalue weighted by molar-refractivity contribution is -0.125. The molecule has 3 N–H and O–H groups in total. The van der Waals surface area contributed by atoms with Gasteiger partial charge in [-0.3, -0.25) is 14.7 Å². The molecule has 11 heteroatoms. The third-order valence-corrected chi connectivity index (χ3v) is 7.08. The molecular weight excluding hydrogens is 525 g/mol. The van der Waals surface area contributed by atoms with Crippen molar-refractivity contribution in [1.82, 2.24) is 30.6 Å². The third kappa shape index (κ3) is 5.29. The Morgan fingerprint density at radius 1 is 1.15 bits per heavy atom. The van der Waals surface area contributed by atoms with Gasteiger partial charge in [0.25, 0.3) is 5.91 Å². The first-order chi connectivity index (χ1) is 20.0. The van der Waals surface area contributed by atoms with E-state index in [1.165, 1.54) is 12.1 Å². The molecule has 1 aliphatic heterocycles. The summed E-state index contributed by atoms with van der Waals surface area (Å²) in [6.07, 6.45) is 3.71. The van der Waals surface area contributed by atoms with Gasteiger partial charge < -0.3 is 20.1 Å². The number of nitrogens with zero attached hydrogens (tertiary/aromatic N) is 4. The third-order valence-electron chi connectivity index (χ3n) is 7.08. The van der Waals surface area contributed by atoms with Crippen LogP contribution in [0.1, 0.15) is 22.5 Å². The van der Waals surface area contributed by atoms with Gasteiger partial charge in [-0.25, -0.2) is 9.37 Å². The number of halogens is 1. The SMILES string of the molecule is C=CC(=O)N1CCC(Nc2n[nH]c3nccc(-c4ccc(CNC(=O)c5cc(-c6ccccc6)on5)c(F)c4)c23)C1. The standard InChI is InChI=1S/C30H26FN7O3/c1-2-26(39)38-13-11-21(17-38)34-29-27-22(10-12-32-28(27)35-36-29)19-8-9-20(23(31)14-19)16-33-30(40)24-15-25(41-37-24)18-6-4-3-5-7-18/h2-10,12,14-15,21H,1,11,13,16-17H2,(H,33,40)(H2,32,34,35,36). The van der Waals surface area contributed by atoms with Gasteiger partial charge in [0.05, 0.1) is 5.39 Å². The lowest BCUT2D eigenvalue weighted by Gasteiger charge is -2.15. The van der Waals surface area contributed by atoms with Gasteiger partial charge >= 0.3 is 0 Å². The Hall–Kier alpha value is -5.32. The van der Waals surface area contributed by atoms with Gasteiger partial charge in [0.1, 0.15) is 5.82 Å². The molecule has 0 spiro atoms. The number of hydrogen-bond acceptors (Lipinski definition) is 7. The smallest absolute Gasteiger partial charge is 0.273 e. The summed E-state index contributed by atoms with van der Waals surface area (Å²) >= 11 is 0. The van der Waals surface area contributed by atoms with E-state index in [1.807, 2.05) is 30.3 Å². The van der Waals surface area contributed by atoms with Crippen LogP contribution in [0, 0.1) is 5.82 Å². The summed E-state index contributed by atoms with van der Waals surface area (Å²) in [5, 5.41) is 18.0. The minimum atomic E-state index is -0.468. The first-order valence-corrected chi connectivity index (χ1v) is 13.1. The highest BCUT2D eigenvalue weighted by atomic mass is 19.1. The summed E-state index contributed by atoms with van der Waals surface area (Å²) < 4.78 is 20.5. The van der Waals surface area contributed by atoms with E-state index in [0.29, 0.717) is 41.4 Å². The maximum Gasteiger partial charge on any atom is 0.273 e. The molecule has 1 atom stereocenters. The quantitative estimate of drug-likeness (QED) is 0.241. The van der Waals surface area contributed by atoms with E-state index in [2.05, 4.69) is 37.6 Å². The Morgan fingerprint density at radius 2 is 2.00 bits per heavy atom. The maximum absolute atomic E-state index is 15.2. The molecule has 6 rings (SSSR count). The minimum Gasteiger partial charge on any atom is -0.363 e. The van der Waals surface area contributed by atoms with E-state index in [4.69, 9.17) is 4.52 Å². The van der Waals surface area contributed by atoms with Crippen LogP contribution in [0.25, 0.3) is 33.5 Å². The number of likely N-dealkylation sites (tertiary alicyclic amines) is 1. The average Bonchev–Trinajstić information content (AvgIpc) is 3.77. The fourth-order valence-corrected chi connectivity index (χ4v) is 4.94. The van der Waals surface area contributed by atoms with E-state index in [0.717, 1.165) is 22.9 Å². The number of pyridine rings is 1. The molecule has 4 heterocycles. The predicted molar refractivity (Wildman–Crippen MR) is 151 cm³/mol. The van der Waals surface area contributed by atoms with Gasteiger partial charge in [0.2, 0.25) is 5.91 Å². The number of aromatic nitrogens is 4. The number of carbonyl (C=O) groups excluding carboxylic acids is 2. The molecule has 1 unspecified atom stereocenters. The topological polar surface area (TPSA) is 129 Å². The molecule has 0 aliphatic carbocycles. The number of fused-ring (bicyclic) bond motifs is 1. The van der Waals surface area contributed by atoms with Crippen molar-refractivity contribution in [2.75, 3.05) is 18.4 Å². The van der Waals surface area contributed by atoms with E-state index in [1.54, 1.807) is 35.4 Å². The van der Waals surface area contributed by atoms with Crippen molar-refractivity contribution in [2.45, 2.75) is 19.0 Å². The number of amides is 2. The van der Waals surface area contributed by atoms with Gasteiger partial charge in [-0.15, -0.1) is 0 Å². The van der Waals surface area contributed by atoms with E-state index >= 15 is 4.39 Å². The monoisotopic (exact) mass is 551 g/mol. The molecule has 2 amide bonds. The molecule has 10 nitrogen and oxygen atoms in total. The second kappa shape index (κ2) is 11.0. The number of anilines is 1. The van der Waals surface area contributed by atoms with E-state index in [-0.39, 0.29) is 24.2 Å². The summed E-state index contributed by atoms with van der Waals surface area (Å²) in [6, 6.07) is 17.5. The van der Waals surface area contributed by atoms with Crippen LogP contribution in [0.5, 0.6) is 0 Å². The fourth-order valence-electron chi connectivity index (χ4n) is 4.94. The number of nitrogens with one attached hydrogen (secondary N) is 3. The minimum absolute atomic E-state index is 0.00895. The Kier molecular flexibility index (Phi) is 6.99. The Morgan fingerprint density at radius 3 is 2.80 bits per heavy atom. The van der Waals surface area contributed by atoms with Crippen molar-refractivity contribution >= 4 is 28.7 Å². The van der Waals surface area contributed by atoms with Crippen molar-refractivity contribution in [3.8, 4) is 22.5 Å². The summed E-state index contributed by atoms with van der Waals surface area (Å²) in [6.45, 7) is 4.69. The van der Waals surface area contributed by atoms with Crippen molar-refractivity contribution in [3.63, 3.8) is 0 Å². The summed E-state index contributed by atoms with van der Waals surface area (Å²) in [5.41, 5.74) is 3.17. The number of H-pyrrole nitrogens is 1. The average molecular weight is 552 g/mol. The molecule has 0 bridgehead atoms. The van der Waals surface area contributed by atoms with Crippen LogP contribution >= 0.6 is 0 Å². The second-order valence-corrected chi connectivity index (χ2v) is 9.70. The Bertz CT molecular complexity index is 1750. The van der Waals surface area contributed by atoms with Crippen molar-refractivity contribution < 1.29 is 18.5 Å². The largest absolute Gasteiger partial charge is 0.363 e. The second-order valence-electron chi connectivity index (χ2n) is 9.70. The lowest BCUT2D eigenvalue weighted by atomic mass is 10.0. The zero-order chi connectivity index (χ0) is 28.3. The van der Waals surface area contributed by atoms with Crippen LogP contribution in [0.4, 0.5) is 10.2 Å². The van der Waals surface area contributed by atoms with Crippen molar-refractivity contribution in [2.24, 2.45) is 0 Å². The molecule has 1 aliphatic rings. The summed E-state index contributed by atoms with van der Waals surface area (Å²) in [5.74, 6) is 0.0157. The van der Waals surface area contributed by atoms with Gasteiger partial charge in [-0.2, -0.15) is 5.10 Å². The zero-order valence-electron chi connectivity index (χ0n) is 21.9. The molecule has 206 valence electrons. The molecule has 2 aromatic carbocycles.